The molecule has 0 amide bonds. The fourth-order valence-electron chi connectivity index (χ4n) is 1.29. The zero-order valence-corrected chi connectivity index (χ0v) is 8.61. The molecule has 0 aliphatic carbocycles. The molecular weight excluding hydrogens is 194 g/mol. The highest BCUT2D eigenvalue weighted by atomic mass is 16.5. The SMILES string of the molecule is CCC(=O)Oc1ccc2nc(C)oc2c1. The number of ether oxygens (including phenoxy) is 1. The van der Waals surface area contributed by atoms with Gasteiger partial charge in [0.05, 0.1) is 0 Å². The number of rotatable bonds is 2. The van der Waals surface area contributed by atoms with Gasteiger partial charge in [-0.2, -0.15) is 0 Å². The van der Waals surface area contributed by atoms with Gasteiger partial charge in [-0.3, -0.25) is 4.79 Å². The van der Waals surface area contributed by atoms with Crippen molar-refractivity contribution in [3.63, 3.8) is 0 Å². The van der Waals surface area contributed by atoms with Gasteiger partial charge >= 0.3 is 5.97 Å². The first-order valence-corrected chi connectivity index (χ1v) is 4.77. The highest BCUT2D eigenvalue weighted by Crippen LogP contribution is 2.21. The summed E-state index contributed by atoms with van der Waals surface area (Å²) >= 11 is 0. The smallest absolute Gasteiger partial charge is 0.310 e. The molecule has 0 N–H and O–H groups in total. The molecule has 0 saturated heterocycles. The van der Waals surface area contributed by atoms with Crippen molar-refractivity contribution in [1.82, 2.24) is 4.98 Å². The van der Waals surface area contributed by atoms with Crippen LogP contribution in [0.5, 0.6) is 5.75 Å². The number of carbonyl (C=O) groups is 1. The first-order valence-electron chi connectivity index (χ1n) is 4.77. The number of carbonyl (C=O) groups excluding carboxylic acids is 1. The topological polar surface area (TPSA) is 52.3 Å². The maximum Gasteiger partial charge on any atom is 0.310 e. The minimum Gasteiger partial charge on any atom is -0.441 e. The summed E-state index contributed by atoms with van der Waals surface area (Å²) in [5.74, 6) is 0.833. The zero-order chi connectivity index (χ0) is 10.8. The summed E-state index contributed by atoms with van der Waals surface area (Å²) in [6.45, 7) is 3.52. The van der Waals surface area contributed by atoms with Gasteiger partial charge in [0.1, 0.15) is 11.3 Å². The molecule has 0 aliphatic heterocycles. The summed E-state index contributed by atoms with van der Waals surface area (Å²) in [5, 5.41) is 0. The van der Waals surface area contributed by atoms with Crippen LogP contribution in [-0.2, 0) is 4.79 Å². The summed E-state index contributed by atoms with van der Waals surface area (Å²) < 4.78 is 10.4. The van der Waals surface area contributed by atoms with Crippen LogP contribution in [0.3, 0.4) is 0 Å². The van der Waals surface area contributed by atoms with E-state index in [-0.39, 0.29) is 5.97 Å². The Kier molecular flexibility index (Phi) is 2.41. The average molecular weight is 205 g/mol. The Labute approximate surface area is 86.9 Å². The number of benzene rings is 1. The lowest BCUT2D eigenvalue weighted by atomic mass is 10.3. The minimum absolute atomic E-state index is 0.259. The van der Waals surface area contributed by atoms with E-state index in [0.29, 0.717) is 23.6 Å². The van der Waals surface area contributed by atoms with Crippen LogP contribution in [0.2, 0.25) is 0 Å². The quantitative estimate of drug-likeness (QED) is 0.558. The van der Waals surface area contributed by atoms with Crippen LogP contribution in [0, 0.1) is 6.92 Å². The molecular formula is C11H11NO3. The van der Waals surface area contributed by atoms with E-state index in [2.05, 4.69) is 4.98 Å². The Morgan fingerprint density at radius 1 is 1.53 bits per heavy atom. The summed E-state index contributed by atoms with van der Waals surface area (Å²) in [6, 6.07) is 5.14. The number of hydrogen-bond donors (Lipinski definition) is 0. The molecule has 78 valence electrons. The molecule has 0 saturated carbocycles. The minimum atomic E-state index is -0.259. The maximum absolute atomic E-state index is 11.1. The molecule has 0 radical (unpaired) electrons. The predicted molar refractivity (Wildman–Crippen MR) is 54.7 cm³/mol. The number of aromatic nitrogens is 1. The predicted octanol–water partition coefficient (Wildman–Crippen LogP) is 2.45. The van der Waals surface area contributed by atoms with E-state index < -0.39 is 0 Å². The summed E-state index contributed by atoms with van der Waals surface area (Å²) in [5.41, 5.74) is 1.40. The van der Waals surface area contributed by atoms with E-state index in [4.69, 9.17) is 9.15 Å². The molecule has 2 rings (SSSR count). The van der Waals surface area contributed by atoms with Crippen LogP contribution in [0.25, 0.3) is 11.1 Å². The maximum atomic E-state index is 11.1. The van der Waals surface area contributed by atoms with E-state index in [1.807, 2.05) is 0 Å². The molecule has 0 bridgehead atoms. The monoisotopic (exact) mass is 205 g/mol. The molecule has 2 aromatic rings. The number of hydrogen-bond acceptors (Lipinski definition) is 4. The van der Waals surface area contributed by atoms with Gasteiger partial charge in [-0.25, -0.2) is 4.98 Å². The van der Waals surface area contributed by atoms with Crippen LogP contribution >= 0.6 is 0 Å². The lowest BCUT2D eigenvalue weighted by molar-refractivity contribution is -0.134. The fraction of sp³-hybridized carbons (Fsp3) is 0.273. The van der Waals surface area contributed by atoms with Crippen molar-refractivity contribution in [2.75, 3.05) is 0 Å². The summed E-state index contributed by atoms with van der Waals surface area (Å²) in [6.07, 6.45) is 0.355. The highest BCUT2D eigenvalue weighted by Gasteiger charge is 2.06. The average Bonchev–Trinajstić information content (AvgIpc) is 2.57. The van der Waals surface area contributed by atoms with Gasteiger partial charge in [-0.05, 0) is 12.1 Å². The lowest BCUT2D eigenvalue weighted by Crippen LogP contribution is -2.05. The second-order valence-electron chi connectivity index (χ2n) is 3.19. The number of nitrogens with zero attached hydrogens (tertiary/aromatic N) is 1. The van der Waals surface area contributed by atoms with Crippen LogP contribution in [-0.4, -0.2) is 11.0 Å². The molecule has 0 unspecified atom stereocenters. The number of aryl methyl sites for hydroxylation is 1. The molecule has 1 aromatic carbocycles. The van der Waals surface area contributed by atoms with Crippen molar-refractivity contribution in [3.05, 3.63) is 24.1 Å². The van der Waals surface area contributed by atoms with Crippen LogP contribution in [0.4, 0.5) is 0 Å². The van der Waals surface area contributed by atoms with Crippen molar-refractivity contribution in [2.45, 2.75) is 20.3 Å². The van der Waals surface area contributed by atoms with E-state index in [1.165, 1.54) is 0 Å². The Morgan fingerprint density at radius 3 is 3.07 bits per heavy atom. The second kappa shape index (κ2) is 3.73. The summed E-state index contributed by atoms with van der Waals surface area (Å²) in [7, 11) is 0. The van der Waals surface area contributed by atoms with Gasteiger partial charge in [-0.1, -0.05) is 6.92 Å². The van der Waals surface area contributed by atoms with Gasteiger partial charge in [0.15, 0.2) is 11.5 Å². The van der Waals surface area contributed by atoms with Gasteiger partial charge in [-0.15, -0.1) is 0 Å². The van der Waals surface area contributed by atoms with Gasteiger partial charge < -0.3 is 9.15 Å². The molecule has 15 heavy (non-hydrogen) atoms. The van der Waals surface area contributed by atoms with Crippen molar-refractivity contribution in [2.24, 2.45) is 0 Å². The van der Waals surface area contributed by atoms with Crippen LogP contribution in [0.1, 0.15) is 19.2 Å². The Bertz CT molecular complexity index is 502. The first-order chi connectivity index (χ1) is 7.19. The molecule has 0 spiro atoms. The molecule has 0 aliphatic rings. The summed E-state index contributed by atoms with van der Waals surface area (Å²) in [4.78, 5) is 15.2. The Balaban J connectivity index is 2.33. The molecule has 4 nitrogen and oxygen atoms in total. The van der Waals surface area contributed by atoms with E-state index in [1.54, 1.807) is 32.0 Å². The van der Waals surface area contributed by atoms with E-state index in [9.17, 15) is 4.79 Å². The third-order valence-electron chi connectivity index (χ3n) is 1.99. The molecule has 1 aromatic heterocycles. The third kappa shape index (κ3) is 1.98. The Hall–Kier alpha value is -1.84. The standard InChI is InChI=1S/C11H11NO3/c1-3-11(13)15-8-4-5-9-10(6-8)14-7(2)12-9/h4-6H,3H2,1-2H3. The second-order valence-corrected chi connectivity index (χ2v) is 3.19. The van der Waals surface area contributed by atoms with E-state index >= 15 is 0 Å². The molecule has 0 fully saturated rings. The molecule has 1 heterocycles. The third-order valence-corrected chi connectivity index (χ3v) is 1.99. The fourth-order valence-corrected chi connectivity index (χ4v) is 1.29. The zero-order valence-electron chi connectivity index (χ0n) is 8.61. The van der Waals surface area contributed by atoms with Gasteiger partial charge in [0.2, 0.25) is 0 Å². The lowest BCUT2D eigenvalue weighted by Gasteiger charge is -2.00. The number of esters is 1. The Morgan fingerprint density at radius 2 is 2.33 bits per heavy atom. The first kappa shape index (κ1) is 9.71. The van der Waals surface area contributed by atoms with Crippen molar-refractivity contribution >= 4 is 17.1 Å². The molecule has 4 heteroatoms. The number of oxazole rings is 1. The van der Waals surface area contributed by atoms with Gasteiger partial charge in [0.25, 0.3) is 0 Å². The van der Waals surface area contributed by atoms with Crippen molar-refractivity contribution in [3.8, 4) is 5.75 Å². The normalized spacial score (nSPS) is 10.5. The largest absolute Gasteiger partial charge is 0.441 e. The van der Waals surface area contributed by atoms with Crippen LogP contribution in [0.15, 0.2) is 22.6 Å². The van der Waals surface area contributed by atoms with E-state index in [0.717, 1.165) is 5.52 Å². The van der Waals surface area contributed by atoms with Crippen molar-refractivity contribution < 1.29 is 13.9 Å². The van der Waals surface area contributed by atoms with Crippen molar-refractivity contribution in [1.29, 1.82) is 0 Å². The van der Waals surface area contributed by atoms with Crippen LogP contribution < -0.4 is 4.74 Å². The van der Waals surface area contributed by atoms with Gasteiger partial charge in [0, 0.05) is 19.4 Å². The number of fused-ring (bicyclic) bond motifs is 1. The highest BCUT2D eigenvalue weighted by molar-refractivity contribution is 5.77. The molecule has 0 atom stereocenters.